The third-order valence-electron chi connectivity index (χ3n) is 7.95. The SMILES string of the molecule is CC(C)C(NC(=O)OCc1ccccc1)C(=O)NC(CC(=O)O)C(=O)C(F)C(=O)C(F)C(=O)C(CC(=O)O)NC(=O)C(NC(=O)OCc1ccccc1)C(C)C. The zero-order chi connectivity index (χ0) is 42.1. The van der Waals surface area contributed by atoms with Crippen LogP contribution >= 0.6 is 0 Å². The van der Waals surface area contributed by atoms with Crippen LogP contribution in [0.15, 0.2) is 60.7 Å². The number of carbonyl (C=O) groups excluding carboxylic acids is 7. The Morgan fingerprint density at radius 1 is 0.536 bits per heavy atom. The minimum Gasteiger partial charge on any atom is -0.481 e. The van der Waals surface area contributed by atoms with Crippen LogP contribution in [0.1, 0.15) is 51.7 Å². The van der Waals surface area contributed by atoms with Gasteiger partial charge in [-0.1, -0.05) is 88.4 Å². The van der Waals surface area contributed by atoms with Gasteiger partial charge in [-0.2, -0.15) is 0 Å². The molecule has 0 heterocycles. The number of hydrogen-bond donors (Lipinski definition) is 6. The van der Waals surface area contributed by atoms with Crippen LogP contribution in [0.4, 0.5) is 18.4 Å². The second kappa shape index (κ2) is 22.2. The summed E-state index contributed by atoms with van der Waals surface area (Å²) < 4.78 is 40.9. The number of alkyl carbamates (subject to hydrolysis) is 2. The molecule has 2 aromatic rings. The molecule has 56 heavy (non-hydrogen) atoms. The van der Waals surface area contributed by atoms with Crippen molar-refractivity contribution in [2.75, 3.05) is 0 Å². The van der Waals surface area contributed by atoms with Crippen molar-refractivity contribution < 1.29 is 71.6 Å². The van der Waals surface area contributed by atoms with E-state index in [4.69, 9.17) is 9.47 Å². The van der Waals surface area contributed by atoms with Crippen LogP contribution in [0.2, 0.25) is 0 Å². The summed E-state index contributed by atoms with van der Waals surface area (Å²) in [6.45, 7) is 5.45. The van der Waals surface area contributed by atoms with Crippen molar-refractivity contribution >= 4 is 53.3 Å². The number of nitrogens with one attached hydrogen (secondary N) is 4. The van der Waals surface area contributed by atoms with E-state index in [1.165, 1.54) is 27.7 Å². The van der Waals surface area contributed by atoms with E-state index >= 15 is 8.78 Å². The third-order valence-corrected chi connectivity index (χ3v) is 7.95. The summed E-state index contributed by atoms with van der Waals surface area (Å²) >= 11 is 0. The van der Waals surface area contributed by atoms with Gasteiger partial charge in [-0.05, 0) is 23.0 Å². The molecule has 19 heteroatoms. The Morgan fingerprint density at radius 2 is 0.857 bits per heavy atom. The molecule has 0 saturated carbocycles. The van der Waals surface area contributed by atoms with E-state index in [2.05, 4.69) is 10.6 Å². The highest BCUT2D eigenvalue weighted by Crippen LogP contribution is 2.14. The molecular weight excluding hydrogens is 746 g/mol. The van der Waals surface area contributed by atoms with Gasteiger partial charge in [0.2, 0.25) is 29.9 Å². The Kier molecular flexibility index (Phi) is 18.2. The number of halogens is 2. The number of ether oxygens (including phenoxy) is 2. The van der Waals surface area contributed by atoms with Crippen LogP contribution in [0, 0.1) is 11.8 Å². The molecule has 2 rings (SSSR count). The molecule has 6 N–H and O–H groups in total. The minimum atomic E-state index is -3.56. The van der Waals surface area contributed by atoms with Gasteiger partial charge in [-0.25, -0.2) is 18.4 Å². The smallest absolute Gasteiger partial charge is 0.408 e. The first kappa shape index (κ1) is 45.9. The molecule has 6 unspecified atom stereocenters. The first-order valence-electron chi connectivity index (χ1n) is 17.2. The second-order valence-electron chi connectivity index (χ2n) is 13.1. The molecule has 4 amide bonds. The third kappa shape index (κ3) is 14.9. The molecule has 6 atom stereocenters. The summed E-state index contributed by atoms with van der Waals surface area (Å²) in [4.78, 5) is 113. The number of ketones is 3. The van der Waals surface area contributed by atoms with E-state index < -0.39 is 114 Å². The van der Waals surface area contributed by atoms with Crippen LogP contribution in [0.5, 0.6) is 0 Å². The summed E-state index contributed by atoms with van der Waals surface area (Å²) in [5, 5.41) is 27.0. The first-order valence-corrected chi connectivity index (χ1v) is 17.2. The fourth-order valence-corrected chi connectivity index (χ4v) is 4.93. The van der Waals surface area contributed by atoms with Crippen molar-refractivity contribution in [3.8, 4) is 0 Å². The number of hydrogen-bond acceptors (Lipinski definition) is 11. The fraction of sp³-hybridized carbons (Fsp3) is 0.432. The average Bonchev–Trinajstić information content (AvgIpc) is 3.15. The van der Waals surface area contributed by atoms with E-state index in [9.17, 15) is 53.4 Å². The molecule has 304 valence electrons. The lowest BCUT2D eigenvalue weighted by atomic mass is 9.94. The molecule has 0 bridgehead atoms. The van der Waals surface area contributed by atoms with Gasteiger partial charge in [0.15, 0.2) is 11.6 Å². The zero-order valence-corrected chi connectivity index (χ0v) is 30.9. The number of alkyl halides is 2. The van der Waals surface area contributed by atoms with Crippen molar-refractivity contribution in [2.24, 2.45) is 11.8 Å². The van der Waals surface area contributed by atoms with E-state index in [1.807, 2.05) is 10.6 Å². The number of rotatable bonds is 22. The van der Waals surface area contributed by atoms with Crippen LogP contribution in [0.25, 0.3) is 0 Å². The number of Topliss-reactive ketones (excluding diaryl/α,β-unsaturated/α-hetero) is 3. The largest absolute Gasteiger partial charge is 0.481 e. The van der Waals surface area contributed by atoms with Gasteiger partial charge < -0.3 is 41.0 Å². The molecule has 0 saturated heterocycles. The lowest BCUT2D eigenvalue weighted by Crippen LogP contribution is -2.57. The van der Waals surface area contributed by atoms with Gasteiger partial charge in [0, 0.05) is 0 Å². The lowest BCUT2D eigenvalue weighted by molar-refractivity contribution is -0.148. The van der Waals surface area contributed by atoms with E-state index in [0.29, 0.717) is 11.1 Å². The highest BCUT2D eigenvalue weighted by molar-refractivity contribution is 6.18. The Balaban J connectivity index is 2.16. The summed E-state index contributed by atoms with van der Waals surface area (Å²) in [5.41, 5.74) is 1.21. The van der Waals surface area contributed by atoms with Crippen LogP contribution in [0.3, 0.4) is 0 Å². The standard InChI is InChI=1S/C37H44F2N4O13/c1-19(2)29(42-36(53)55-17-21-11-7-5-8-12-21)34(51)40-23(15-25(44)45)31(48)27(38)33(50)28(39)32(49)24(16-26(46)47)41-35(52)30(20(3)4)43-37(54)56-18-22-13-9-6-10-14-22/h5-14,19-20,23-24,27-30H,15-18H2,1-4H3,(H,40,51)(H,41,52)(H,42,53)(H,43,54)(H,44,45)(H,46,47). The fourth-order valence-electron chi connectivity index (χ4n) is 4.93. The van der Waals surface area contributed by atoms with Gasteiger partial charge in [0.1, 0.15) is 37.4 Å². The van der Waals surface area contributed by atoms with Gasteiger partial charge in [-0.15, -0.1) is 0 Å². The van der Waals surface area contributed by atoms with Crippen LogP contribution in [-0.4, -0.2) is 100 Å². The van der Waals surface area contributed by atoms with Crippen molar-refractivity contribution in [2.45, 2.75) is 90.3 Å². The zero-order valence-electron chi connectivity index (χ0n) is 30.9. The Morgan fingerprint density at radius 3 is 1.14 bits per heavy atom. The average molecular weight is 791 g/mol. The summed E-state index contributed by atoms with van der Waals surface area (Å²) in [7, 11) is 0. The highest BCUT2D eigenvalue weighted by atomic mass is 19.1. The number of carbonyl (C=O) groups is 9. The maximum atomic E-state index is 15.4. The van der Waals surface area contributed by atoms with Gasteiger partial charge in [-0.3, -0.25) is 33.6 Å². The van der Waals surface area contributed by atoms with Gasteiger partial charge >= 0.3 is 24.1 Å². The quantitative estimate of drug-likeness (QED) is 0.0936. The second-order valence-corrected chi connectivity index (χ2v) is 13.1. The maximum absolute atomic E-state index is 15.4. The minimum absolute atomic E-state index is 0.190. The number of carboxylic acids is 2. The molecule has 0 aliphatic heterocycles. The number of benzene rings is 2. The molecule has 0 aromatic heterocycles. The predicted molar refractivity (Wildman–Crippen MR) is 190 cm³/mol. The molecule has 0 fully saturated rings. The van der Waals surface area contributed by atoms with Crippen molar-refractivity contribution in [3.63, 3.8) is 0 Å². The summed E-state index contributed by atoms with van der Waals surface area (Å²) in [6, 6.07) is 9.23. The van der Waals surface area contributed by atoms with Crippen LogP contribution < -0.4 is 21.3 Å². The molecule has 0 aliphatic rings. The van der Waals surface area contributed by atoms with Gasteiger partial charge in [0.05, 0.1) is 12.8 Å². The molecule has 17 nitrogen and oxygen atoms in total. The van der Waals surface area contributed by atoms with E-state index in [-0.39, 0.29) is 13.2 Å². The summed E-state index contributed by atoms with van der Waals surface area (Å²) in [5.74, 6) is -13.7. The highest BCUT2D eigenvalue weighted by Gasteiger charge is 2.44. The Labute approximate surface area is 319 Å². The van der Waals surface area contributed by atoms with E-state index in [1.54, 1.807) is 60.7 Å². The summed E-state index contributed by atoms with van der Waals surface area (Å²) in [6.07, 6.45) is -11.9. The lowest BCUT2D eigenvalue weighted by Gasteiger charge is -2.26. The van der Waals surface area contributed by atoms with Crippen LogP contribution in [-0.2, 0) is 56.2 Å². The number of carboxylic acid groups (broad SMARTS) is 2. The maximum Gasteiger partial charge on any atom is 0.408 e. The normalized spacial score (nSPS) is 14.1. The number of amides is 4. The monoisotopic (exact) mass is 790 g/mol. The number of aliphatic carboxylic acids is 2. The topological polar surface area (TPSA) is 261 Å². The Bertz CT molecular complexity index is 1600. The Hall–Kier alpha value is -6.27. The molecule has 0 aliphatic carbocycles. The molecule has 0 radical (unpaired) electrons. The van der Waals surface area contributed by atoms with Crippen molar-refractivity contribution in [3.05, 3.63) is 71.8 Å². The molecule has 2 aromatic carbocycles. The van der Waals surface area contributed by atoms with Crippen molar-refractivity contribution in [1.29, 1.82) is 0 Å². The predicted octanol–water partition coefficient (Wildman–Crippen LogP) is 2.19. The van der Waals surface area contributed by atoms with E-state index in [0.717, 1.165) is 0 Å². The van der Waals surface area contributed by atoms with Gasteiger partial charge in [0.25, 0.3) is 0 Å². The molecular formula is C37H44F2N4O13. The molecule has 0 spiro atoms. The first-order chi connectivity index (χ1) is 26.3. The van der Waals surface area contributed by atoms with Crippen molar-refractivity contribution in [1.82, 2.24) is 21.3 Å².